The van der Waals surface area contributed by atoms with Gasteiger partial charge in [0.15, 0.2) is 0 Å². The molecule has 0 aromatic heterocycles. The van der Waals surface area contributed by atoms with Crippen molar-refractivity contribution in [2.75, 3.05) is 5.75 Å². The summed E-state index contributed by atoms with van der Waals surface area (Å²) in [5.41, 5.74) is 4.23. The summed E-state index contributed by atoms with van der Waals surface area (Å²) in [7, 11) is 0. The summed E-state index contributed by atoms with van der Waals surface area (Å²) in [5, 5.41) is 0. The number of benzene rings is 2. The zero-order valence-electron chi connectivity index (χ0n) is 10.0. The Kier molecular flexibility index (Phi) is 2.94. The number of thioether (sulfide) groups is 1. The van der Waals surface area contributed by atoms with E-state index in [4.69, 9.17) is 0 Å². The van der Waals surface area contributed by atoms with Gasteiger partial charge in [-0.3, -0.25) is 0 Å². The van der Waals surface area contributed by atoms with Crippen molar-refractivity contribution in [1.29, 1.82) is 0 Å². The van der Waals surface area contributed by atoms with E-state index in [2.05, 4.69) is 55.5 Å². The highest BCUT2D eigenvalue weighted by molar-refractivity contribution is 7.99. The lowest BCUT2D eigenvalue weighted by Gasteiger charge is -2.09. The normalized spacial score (nSPS) is 18.1. The number of hydrogen-bond acceptors (Lipinski definition) is 1. The van der Waals surface area contributed by atoms with Crippen molar-refractivity contribution >= 4 is 11.8 Å². The van der Waals surface area contributed by atoms with E-state index >= 15 is 0 Å². The van der Waals surface area contributed by atoms with Crippen LogP contribution in [-0.2, 0) is 0 Å². The van der Waals surface area contributed by atoms with Gasteiger partial charge in [-0.05, 0) is 41.2 Å². The predicted octanol–water partition coefficient (Wildman–Crippen LogP) is 4.95. The van der Waals surface area contributed by atoms with Crippen LogP contribution in [0.15, 0.2) is 53.4 Å². The molecule has 0 bridgehead atoms. The van der Waals surface area contributed by atoms with Gasteiger partial charge in [0.2, 0.25) is 0 Å². The van der Waals surface area contributed by atoms with Gasteiger partial charge in [-0.2, -0.15) is 0 Å². The quantitative estimate of drug-likeness (QED) is 0.715. The molecule has 0 fully saturated rings. The molecule has 2 aromatic rings. The molecule has 1 atom stereocenters. The third-order valence-electron chi connectivity index (χ3n) is 3.49. The van der Waals surface area contributed by atoms with Crippen LogP contribution < -0.4 is 0 Å². The van der Waals surface area contributed by atoms with Gasteiger partial charge in [0.1, 0.15) is 0 Å². The topological polar surface area (TPSA) is 0 Å². The molecular formula is C16H16S. The highest BCUT2D eigenvalue weighted by atomic mass is 32.2. The Morgan fingerprint density at radius 1 is 1.06 bits per heavy atom. The lowest BCUT2D eigenvalue weighted by Crippen LogP contribution is -1.94. The SMILES string of the molecule is CCC1CSc2ccc(-c3ccccc3)cc21. The molecule has 0 radical (unpaired) electrons. The average Bonchev–Trinajstić information content (AvgIpc) is 2.81. The van der Waals surface area contributed by atoms with E-state index in [-0.39, 0.29) is 0 Å². The molecule has 0 nitrogen and oxygen atoms in total. The molecule has 1 heterocycles. The summed E-state index contributed by atoms with van der Waals surface area (Å²) in [4.78, 5) is 1.48. The maximum Gasteiger partial charge on any atom is 0.0108 e. The van der Waals surface area contributed by atoms with E-state index in [1.165, 1.54) is 28.2 Å². The summed E-state index contributed by atoms with van der Waals surface area (Å²) in [5.74, 6) is 2.00. The molecule has 17 heavy (non-hydrogen) atoms. The second-order valence-electron chi connectivity index (χ2n) is 4.53. The number of fused-ring (bicyclic) bond motifs is 1. The summed E-state index contributed by atoms with van der Waals surface area (Å²) >= 11 is 2.00. The Morgan fingerprint density at radius 2 is 1.88 bits per heavy atom. The van der Waals surface area contributed by atoms with Crippen molar-refractivity contribution in [3.05, 3.63) is 54.1 Å². The Labute approximate surface area is 107 Å². The predicted molar refractivity (Wildman–Crippen MR) is 75.6 cm³/mol. The van der Waals surface area contributed by atoms with Gasteiger partial charge in [-0.1, -0.05) is 43.3 Å². The summed E-state index contributed by atoms with van der Waals surface area (Å²) in [6.07, 6.45) is 1.25. The molecule has 3 rings (SSSR count). The summed E-state index contributed by atoms with van der Waals surface area (Å²) < 4.78 is 0. The lowest BCUT2D eigenvalue weighted by molar-refractivity contribution is 0.747. The standard InChI is InChI=1S/C16H16S/c1-2-12-11-17-16-9-8-14(10-15(12)16)13-6-4-3-5-7-13/h3-10,12H,2,11H2,1H3. The molecule has 1 aliphatic heterocycles. The minimum atomic E-state index is 0.749. The monoisotopic (exact) mass is 240 g/mol. The Morgan fingerprint density at radius 3 is 2.65 bits per heavy atom. The van der Waals surface area contributed by atoms with Crippen LogP contribution in [0.5, 0.6) is 0 Å². The maximum atomic E-state index is 2.39. The zero-order valence-corrected chi connectivity index (χ0v) is 10.8. The smallest absolute Gasteiger partial charge is 0.0108 e. The fraction of sp³-hybridized carbons (Fsp3) is 0.250. The molecule has 86 valence electrons. The maximum absolute atomic E-state index is 2.39. The Hall–Kier alpha value is -1.21. The molecule has 0 aliphatic carbocycles. The summed E-state index contributed by atoms with van der Waals surface area (Å²) in [6, 6.07) is 17.6. The van der Waals surface area contributed by atoms with E-state index in [0.717, 1.165) is 5.92 Å². The second-order valence-corrected chi connectivity index (χ2v) is 5.60. The van der Waals surface area contributed by atoms with Crippen LogP contribution in [-0.4, -0.2) is 5.75 Å². The number of rotatable bonds is 2. The van der Waals surface area contributed by atoms with Crippen molar-refractivity contribution in [2.24, 2.45) is 0 Å². The minimum absolute atomic E-state index is 0.749. The van der Waals surface area contributed by atoms with Crippen LogP contribution in [0.4, 0.5) is 0 Å². The zero-order chi connectivity index (χ0) is 11.7. The van der Waals surface area contributed by atoms with Gasteiger partial charge in [0.25, 0.3) is 0 Å². The van der Waals surface area contributed by atoms with Crippen LogP contribution in [0.1, 0.15) is 24.8 Å². The van der Waals surface area contributed by atoms with Gasteiger partial charge in [0, 0.05) is 10.6 Å². The highest BCUT2D eigenvalue weighted by Gasteiger charge is 2.21. The first kappa shape index (κ1) is 10.9. The van der Waals surface area contributed by atoms with E-state index < -0.39 is 0 Å². The van der Waals surface area contributed by atoms with E-state index in [1.807, 2.05) is 11.8 Å². The van der Waals surface area contributed by atoms with Crippen molar-refractivity contribution in [3.63, 3.8) is 0 Å². The van der Waals surface area contributed by atoms with Gasteiger partial charge in [-0.25, -0.2) is 0 Å². The molecule has 0 saturated carbocycles. The Bertz CT molecular complexity index is 516. The van der Waals surface area contributed by atoms with Crippen LogP contribution >= 0.6 is 11.8 Å². The van der Waals surface area contributed by atoms with Crippen molar-refractivity contribution < 1.29 is 0 Å². The van der Waals surface area contributed by atoms with Crippen molar-refractivity contribution in [2.45, 2.75) is 24.2 Å². The van der Waals surface area contributed by atoms with Gasteiger partial charge in [0.05, 0.1) is 0 Å². The largest absolute Gasteiger partial charge is 0.125 e. The average molecular weight is 240 g/mol. The van der Waals surface area contributed by atoms with E-state index in [9.17, 15) is 0 Å². The first-order valence-electron chi connectivity index (χ1n) is 6.20. The molecule has 1 heteroatoms. The minimum Gasteiger partial charge on any atom is -0.125 e. The summed E-state index contributed by atoms with van der Waals surface area (Å²) in [6.45, 7) is 2.29. The van der Waals surface area contributed by atoms with Crippen molar-refractivity contribution in [1.82, 2.24) is 0 Å². The molecule has 0 saturated heterocycles. The van der Waals surface area contributed by atoms with Crippen molar-refractivity contribution in [3.8, 4) is 11.1 Å². The lowest BCUT2D eigenvalue weighted by atomic mass is 9.95. The van der Waals surface area contributed by atoms with E-state index in [0.29, 0.717) is 0 Å². The molecule has 0 N–H and O–H groups in total. The van der Waals surface area contributed by atoms with Crippen LogP contribution in [0.25, 0.3) is 11.1 Å². The third-order valence-corrected chi connectivity index (χ3v) is 4.74. The van der Waals surface area contributed by atoms with Crippen LogP contribution in [0.2, 0.25) is 0 Å². The second kappa shape index (κ2) is 4.58. The molecular weight excluding hydrogens is 224 g/mol. The molecule has 0 spiro atoms. The number of hydrogen-bond donors (Lipinski definition) is 0. The molecule has 0 amide bonds. The molecule has 1 aliphatic rings. The molecule has 2 aromatic carbocycles. The van der Waals surface area contributed by atoms with Gasteiger partial charge >= 0.3 is 0 Å². The van der Waals surface area contributed by atoms with E-state index in [1.54, 1.807) is 5.56 Å². The fourth-order valence-corrected chi connectivity index (χ4v) is 3.78. The van der Waals surface area contributed by atoms with Gasteiger partial charge < -0.3 is 0 Å². The van der Waals surface area contributed by atoms with Crippen LogP contribution in [0, 0.1) is 0 Å². The third kappa shape index (κ3) is 2.00. The first-order valence-corrected chi connectivity index (χ1v) is 7.19. The highest BCUT2D eigenvalue weighted by Crippen LogP contribution is 2.42. The Balaban J connectivity index is 2.04. The van der Waals surface area contributed by atoms with Crippen LogP contribution in [0.3, 0.4) is 0 Å². The van der Waals surface area contributed by atoms with Gasteiger partial charge in [-0.15, -0.1) is 11.8 Å². The molecule has 1 unspecified atom stereocenters. The fourth-order valence-electron chi connectivity index (χ4n) is 2.43. The first-order chi connectivity index (χ1) is 8.38.